The van der Waals surface area contributed by atoms with Gasteiger partial charge in [0, 0.05) is 16.7 Å². The van der Waals surface area contributed by atoms with Crippen molar-refractivity contribution in [1.82, 2.24) is 0 Å². The first-order valence-electron chi connectivity index (χ1n) is 5.50. The Kier molecular flexibility index (Phi) is 5.04. The van der Waals surface area contributed by atoms with Crippen molar-refractivity contribution in [2.75, 3.05) is 11.9 Å². The molecule has 0 aliphatic rings. The lowest BCUT2D eigenvalue weighted by molar-refractivity contribution is -0.137. The first kappa shape index (κ1) is 15.3. The van der Waals surface area contributed by atoms with Crippen molar-refractivity contribution in [2.45, 2.75) is 26.1 Å². The SMILES string of the molecule is CC(C)C(O)CNc1cc(Br)cc(C(F)(F)F)c1. The normalized spacial score (nSPS) is 13.8. The second-order valence-corrected chi connectivity index (χ2v) is 5.33. The van der Waals surface area contributed by atoms with Crippen molar-refractivity contribution >= 4 is 21.6 Å². The standard InChI is InChI=1S/C12H15BrF3NO/c1-7(2)11(18)6-17-10-4-8(12(14,15)16)3-9(13)5-10/h3-5,7,11,17-18H,6H2,1-2H3. The van der Waals surface area contributed by atoms with Crippen LogP contribution in [0.15, 0.2) is 22.7 Å². The van der Waals surface area contributed by atoms with Gasteiger partial charge in [-0.1, -0.05) is 29.8 Å². The molecule has 2 N–H and O–H groups in total. The maximum Gasteiger partial charge on any atom is 0.416 e. The van der Waals surface area contributed by atoms with Gasteiger partial charge >= 0.3 is 6.18 Å². The lowest BCUT2D eigenvalue weighted by Gasteiger charge is -2.17. The van der Waals surface area contributed by atoms with E-state index in [2.05, 4.69) is 21.2 Å². The summed E-state index contributed by atoms with van der Waals surface area (Å²) in [4.78, 5) is 0. The van der Waals surface area contributed by atoms with Crippen LogP contribution in [-0.4, -0.2) is 17.8 Å². The van der Waals surface area contributed by atoms with Crippen molar-refractivity contribution in [3.63, 3.8) is 0 Å². The van der Waals surface area contributed by atoms with Crippen molar-refractivity contribution in [2.24, 2.45) is 5.92 Å². The van der Waals surface area contributed by atoms with Crippen LogP contribution in [0.25, 0.3) is 0 Å². The number of anilines is 1. The minimum Gasteiger partial charge on any atom is -0.391 e. The molecule has 0 radical (unpaired) electrons. The molecular weight excluding hydrogens is 311 g/mol. The molecule has 0 heterocycles. The fraction of sp³-hybridized carbons (Fsp3) is 0.500. The van der Waals surface area contributed by atoms with Gasteiger partial charge in [0.1, 0.15) is 0 Å². The Morgan fingerprint density at radius 1 is 1.28 bits per heavy atom. The van der Waals surface area contributed by atoms with Crippen LogP contribution in [-0.2, 0) is 6.18 Å². The molecule has 0 aromatic heterocycles. The van der Waals surface area contributed by atoms with E-state index in [0.29, 0.717) is 10.2 Å². The van der Waals surface area contributed by atoms with Gasteiger partial charge in [-0.05, 0) is 24.1 Å². The third-order valence-electron chi connectivity index (χ3n) is 2.51. The van der Waals surface area contributed by atoms with Gasteiger partial charge in [0.15, 0.2) is 0 Å². The summed E-state index contributed by atoms with van der Waals surface area (Å²) < 4.78 is 38.1. The lowest BCUT2D eigenvalue weighted by atomic mass is 10.1. The topological polar surface area (TPSA) is 32.3 Å². The zero-order chi connectivity index (χ0) is 13.9. The Hall–Kier alpha value is -0.750. The molecule has 0 saturated heterocycles. The number of alkyl halides is 3. The molecule has 0 amide bonds. The molecule has 1 aromatic rings. The van der Waals surface area contributed by atoms with Gasteiger partial charge < -0.3 is 10.4 Å². The van der Waals surface area contributed by atoms with Gasteiger partial charge in [0.25, 0.3) is 0 Å². The van der Waals surface area contributed by atoms with Crippen molar-refractivity contribution in [3.05, 3.63) is 28.2 Å². The van der Waals surface area contributed by atoms with E-state index in [4.69, 9.17) is 0 Å². The molecule has 2 nitrogen and oxygen atoms in total. The van der Waals surface area contributed by atoms with Crippen molar-refractivity contribution in [3.8, 4) is 0 Å². The fourth-order valence-corrected chi connectivity index (χ4v) is 1.81. The summed E-state index contributed by atoms with van der Waals surface area (Å²) in [6.07, 6.45) is -4.98. The summed E-state index contributed by atoms with van der Waals surface area (Å²) >= 11 is 3.04. The number of nitrogens with one attached hydrogen (secondary N) is 1. The molecule has 1 unspecified atom stereocenters. The van der Waals surface area contributed by atoms with E-state index < -0.39 is 17.8 Å². The summed E-state index contributed by atoms with van der Waals surface area (Å²) in [6.45, 7) is 3.90. The first-order chi connectivity index (χ1) is 8.20. The number of benzene rings is 1. The quantitative estimate of drug-likeness (QED) is 0.880. The number of aliphatic hydroxyl groups excluding tert-OH is 1. The molecule has 1 aromatic carbocycles. The zero-order valence-corrected chi connectivity index (χ0v) is 11.6. The summed E-state index contributed by atoms with van der Waals surface area (Å²) in [5.74, 6) is 0.0479. The van der Waals surface area contributed by atoms with Crippen LogP contribution in [0.4, 0.5) is 18.9 Å². The highest BCUT2D eigenvalue weighted by Gasteiger charge is 2.31. The number of hydrogen-bond acceptors (Lipinski definition) is 2. The van der Waals surface area contributed by atoms with E-state index in [0.717, 1.165) is 12.1 Å². The molecule has 6 heteroatoms. The Balaban J connectivity index is 2.81. The predicted molar refractivity (Wildman–Crippen MR) is 68.5 cm³/mol. The monoisotopic (exact) mass is 325 g/mol. The van der Waals surface area contributed by atoms with Gasteiger partial charge in [-0.3, -0.25) is 0 Å². The molecule has 1 atom stereocenters. The number of hydrogen-bond donors (Lipinski definition) is 2. The van der Waals surface area contributed by atoms with E-state index in [1.54, 1.807) is 6.07 Å². The molecule has 0 aliphatic carbocycles. The summed E-state index contributed by atoms with van der Waals surface area (Å²) in [6, 6.07) is 3.59. The van der Waals surface area contributed by atoms with Gasteiger partial charge in [0.05, 0.1) is 11.7 Å². The zero-order valence-electron chi connectivity index (χ0n) is 10.1. The van der Waals surface area contributed by atoms with Gasteiger partial charge in [-0.2, -0.15) is 13.2 Å². The second-order valence-electron chi connectivity index (χ2n) is 4.42. The van der Waals surface area contributed by atoms with Crippen LogP contribution in [0.5, 0.6) is 0 Å². The maximum atomic E-state index is 12.6. The van der Waals surface area contributed by atoms with E-state index in [-0.39, 0.29) is 12.5 Å². The Morgan fingerprint density at radius 3 is 2.39 bits per heavy atom. The molecule has 0 bridgehead atoms. The molecule has 1 rings (SSSR count). The van der Waals surface area contributed by atoms with Crippen molar-refractivity contribution in [1.29, 1.82) is 0 Å². The number of aliphatic hydroxyl groups is 1. The summed E-state index contributed by atoms with van der Waals surface area (Å²) in [5, 5.41) is 12.4. The minimum absolute atomic E-state index is 0.0479. The molecule has 0 spiro atoms. The molecule has 0 saturated carbocycles. The highest BCUT2D eigenvalue weighted by Crippen LogP contribution is 2.33. The lowest BCUT2D eigenvalue weighted by Crippen LogP contribution is -2.24. The van der Waals surface area contributed by atoms with Gasteiger partial charge in [0.2, 0.25) is 0 Å². The number of halogens is 4. The minimum atomic E-state index is -4.38. The fourth-order valence-electron chi connectivity index (χ4n) is 1.31. The molecular formula is C12H15BrF3NO. The molecule has 0 aliphatic heterocycles. The van der Waals surface area contributed by atoms with E-state index in [9.17, 15) is 18.3 Å². The van der Waals surface area contributed by atoms with Gasteiger partial charge in [-0.15, -0.1) is 0 Å². The second kappa shape index (κ2) is 5.93. The largest absolute Gasteiger partial charge is 0.416 e. The summed E-state index contributed by atoms with van der Waals surface area (Å²) in [5.41, 5.74) is -0.394. The molecule has 102 valence electrons. The first-order valence-corrected chi connectivity index (χ1v) is 6.29. The van der Waals surface area contributed by atoms with Crippen molar-refractivity contribution < 1.29 is 18.3 Å². The van der Waals surface area contributed by atoms with Gasteiger partial charge in [-0.25, -0.2) is 0 Å². The summed E-state index contributed by atoms with van der Waals surface area (Å²) in [7, 11) is 0. The average molecular weight is 326 g/mol. The van der Waals surface area contributed by atoms with Crippen LogP contribution in [0.1, 0.15) is 19.4 Å². The average Bonchev–Trinajstić information content (AvgIpc) is 2.23. The third kappa shape index (κ3) is 4.49. The maximum absolute atomic E-state index is 12.6. The van der Waals surface area contributed by atoms with Crippen LogP contribution in [0, 0.1) is 5.92 Å². The van der Waals surface area contributed by atoms with Crippen LogP contribution >= 0.6 is 15.9 Å². The Bertz CT molecular complexity index is 407. The van der Waals surface area contributed by atoms with Crippen LogP contribution in [0.3, 0.4) is 0 Å². The Labute approximate surface area is 112 Å². The smallest absolute Gasteiger partial charge is 0.391 e. The van der Waals surface area contributed by atoms with Crippen LogP contribution in [0.2, 0.25) is 0 Å². The van der Waals surface area contributed by atoms with E-state index in [1.165, 1.54) is 0 Å². The predicted octanol–water partition coefficient (Wildman–Crippen LogP) is 3.90. The highest BCUT2D eigenvalue weighted by atomic mass is 79.9. The van der Waals surface area contributed by atoms with E-state index in [1.807, 2.05) is 13.8 Å². The number of rotatable bonds is 4. The molecule has 0 fully saturated rings. The highest BCUT2D eigenvalue weighted by molar-refractivity contribution is 9.10. The third-order valence-corrected chi connectivity index (χ3v) is 2.97. The molecule has 18 heavy (non-hydrogen) atoms. The Morgan fingerprint density at radius 2 is 1.89 bits per heavy atom. The van der Waals surface area contributed by atoms with Crippen LogP contribution < -0.4 is 5.32 Å². The van der Waals surface area contributed by atoms with E-state index >= 15 is 0 Å².